The van der Waals surface area contributed by atoms with E-state index in [0.29, 0.717) is 0 Å². The van der Waals surface area contributed by atoms with Crippen LogP contribution in [0.25, 0.3) is 0 Å². The Morgan fingerprint density at radius 2 is 2.20 bits per heavy atom. The van der Waals surface area contributed by atoms with Gasteiger partial charge in [-0.25, -0.2) is 4.79 Å². The van der Waals surface area contributed by atoms with E-state index < -0.39 is 16.8 Å². The number of nitro benzene ring substituents is 1. The summed E-state index contributed by atoms with van der Waals surface area (Å²) in [5.41, 5.74) is -0.489. The third-order valence-corrected chi connectivity index (χ3v) is 2.48. The molecule has 0 aromatic heterocycles. The zero-order valence-corrected chi connectivity index (χ0v) is 8.23. The summed E-state index contributed by atoms with van der Waals surface area (Å²) >= 11 is 0.718. The van der Waals surface area contributed by atoms with Gasteiger partial charge in [0.1, 0.15) is 4.90 Å². The van der Waals surface area contributed by atoms with Crippen molar-refractivity contribution >= 4 is 23.4 Å². The van der Waals surface area contributed by atoms with E-state index in [2.05, 4.69) is 0 Å². The van der Waals surface area contributed by atoms with Crippen molar-refractivity contribution in [3.8, 4) is 0 Å². The maximum atomic E-state index is 10.8. The van der Waals surface area contributed by atoms with Gasteiger partial charge in [-0.3, -0.25) is 10.1 Å². The SMILES string of the molecule is O=C(O)c1cccc([N+](=O)[O-])c1SCO. The topological polar surface area (TPSA) is 101 Å². The highest BCUT2D eigenvalue weighted by Gasteiger charge is 2.21. The molecule has 80 valence electrons. The van der Waals surface area contributed by atoms with Crippen LogP contribution in [-0.4, -0.2) is 27.0 Å². The molecule has 0 aliphatic carbocycles. The zero-order chi connectivity index (χ0) is 11.4. The van der Waals surface area contributed by atoms with Gasteiger partial charge in [-0.2, -0.15) is 0 Å². The number of carboxylic acids is 1. The number of nitro groups is 1. The van der Waals surface area contributed by atoms with Crippen LogP contribution in [0.15, 0.2) is 23.1 Å². The molecular formula is C8H7NO5S. The lowest BCUT2D eigenvalue weighted by Crippen LogP contribution is -2.02. The molecule has 0 saturated heterocycles. The molecule has 0 unspecified atom stereocenters. The Hall–Kier alpha value is -1.60. The monoisotopic (exact) mass is 229 g/mol. The molecule has 15 heavy (non-hydrogen) atoms. The van der Waals surface area contributed by atoms with Crippen LogP contribution >= 0.6 is 11.8 Å². The van der Waals surface area contributed by atoms with Crippen LogP contribution in [0.5, 0.6) is 0 Å². The van der Waals surface area contributed by atoms with Crippen LogP contribution in [0.4, 0.5) is 5.69 Å². The number of carbonyl (C=O) groups is 1. The van der Waals surface area contributed by atoms with E-state index in [4.69, 9.17) is 10.2 Å². The van der Waals surface area contributed by atoms with Crippen molar-refractivity contribution in [2.45, 2.75) is 4.90 Å². The maximum Gasteiger partial charge on any atom is 0.337 e. The minimum Gasteiger partial charge on any atom is -0.478 e. The van der Waals surface area contributed by atoms with Crippen LogP contribution < -0.4 is 0 Å². The van der Waals surface area contributed by atoms with Gasteiger partial charge in [0.2, 0.25) is 0 Å². The molecule has 2 N–H and O–H groups in total. The van der Waals surface area contributed by atoms with Crippen molar-refractivity contribution < 1.29 is 19.9 Å². The summed E-state index contributed by atoms with van der Waals surface area (Å²) in [6, 6.07) is 3.75. The molecule has 1 rings (SSSR count). The molecule has 0 fully saturated rings. The van der Waals surface area contributed by atoms with Crippen molar-refractivity contribution in [3.05, 3.63) is 33.9 Å². The molecule has 0 atom stereocenters. The lowest BCUT2D eigenvalue weighted by atomic mass is 10.2. The highest BCUT2D eigenvalue weighted by molar-refractivity contribution is 7.99. The fourth-order valence-electron chi connectivity index (χ4n) is 1.05. The van der Waals surface area contributed by atoms with Gasteiger partial charge in [-0.1, -0.05) is 17.8 Å². The number of benzene rings is 1. The summed E-state index contributed by atoms with van der Waals surface area (Å²) < 4.78 is 0. The summed E-state index contributed by atoms with van der Waals surface area (Å²) in [5, 5.41) is 28.0. The number of aliphatic hydroxyl groups is 1. The molecule has 1 aromatic carbocycles. The van der Waals surface area contributed by atoms with E-state index in [1.807, 2.05) is 0 Å². The summed E-state index contributed by atoms with van der Waals surface area (Å²) in [5.74, 6) is -1.67. The largest absolute Gasteiger partial charge is 0.478 e. The van der Waals surface area contributed by atoms with Crippen LogP contribution in [0, 0.1) is 10.1 Å². The number of hydrogen-bond acceptors (Lipinski definition) is 5. The molecule has 1 aromatic rings. The first-order valence-corrected chi connectivity index (χ1v) is 4.81. The number of carboxylic acid groups (broad SMARTS) is 1. The molecule has 6 nitrogen and oxygen atoms in total. The van der Waals surface area contributed by atoms with Crippen molar-refractivity contribution in [2.75, 3.05) is 5.94 Å². The van der Waals surface area contributed by atoms with E-state index in [0.717, 1.165) is 11.8 Å². The summed E-state index contributed by atoms with van der Waals surface area (Å²) in [7, 11) is 0. The Morgan fingerprint density at radius 3 is 2.67 bits per heavy atom. The minimum absolute atomic E-state index is 0.0301. The van der Waals surface area contributed by atoms with Gasteiger partial charge in [-0.05, 0) is 6.07 Å². The Bertz CT molecular complexity index is 374. The molecule has 0 heterocycles. The highest BCUT2D eigenvalue weighted by atomic mass is 32.2. The number of hydrogen-bond donors (Lipinski definition) is 2. The zero-order valence-electron chi connectivity index (χ0n) is 7.41. The summed E-state index contributed by atoms with van der Waals surface area (Å²) in [4.78, 5) is 20.6. The Labute approximate surface area is 88.7 Å². The van der Waals surface area contributed by atoms with Gasteiger partial charge in [0.25, 0.3) is 5.69 Å². The fourth-order valence-corrected chi connectivity index (χ4v) is 1.78. The third-order valence-electron chi connectivity index (χ3n) is 1.63. The Morgan fingerprint density at radius 1 is 1.53 bits per heavy atom. The first kappa shape index (κ1) is 11.5. The predicted molar refractivity (Wildman–Crippen MR) is 53.0 cm³/mol. The normalized spacial score (nSPS) is 9.93. The van der Waals surface area contributed by atoms with Crippen LogP contribution in [-0.2, 0) is 0 Å². The second-order valence-corrected chi connectivity index (χ2v) is 3.44. The van der Waals surface area contributed by atoms with E-state index in [1.165, 1.54) is 18.2 Å². The summed E-state index contributed by atoms with van der Waals surface area (Å²) in [6.45, 7) is 0. The first-order chi connectivity index (χ1) is 7.07. The smallest absolute Gasteiger partial charge is 0.337 e. The molecule has 0 spiro atoms. The van der Waals surface area contributed by atoms with Gasteiger partial charge in [-0.15, -0.1) is 0 Å². The molecule has 0 aliphatic heterocycles. The third kappa shape index (κ3) is 2.45. The second-order valence-electron chi connectivity index (χ2n) is 2.49. The number of nitrogens with zero attached hydrogens (tertiary/aromatic N) is 1. The van der Waals surface area contributed by atoms with Gasteiger partial charge < -0.3 is 10.2 Å². The van der Waals surface area contributed by atoms with Gasteiger partial charge in [0.15, 0.2) is 0 Å². The van der Waals surface area contributed by atoms with E-state index >= 15 is 0 Å². The van der Waals surface area contributed by atoms with Crippen molar-refractivity contribution in [1.82, 2.24) is 0 Å². The van der Waals surface area contributed by atoms with Gasteiger partial charge >= 0.3 is 5.97 Å². The predicted octanol–water partition coefficient (Wildman–Crippen LogP) is 1.33. The quantitative estimate of drug-likeness (QED) is 0.349. The van der Waals surface area contributed by atoms with Crippen LogP contribution in [0.2, 0.25) is 0 Å². The number of aromatic carboxylic acids is 1. The lowest BCUT2D eigenvalue weighted by Gasteiger charge is -2.03. The fraction of sp³-hybridized carbons (Fsp3) is 0.125. The van der Waals surface area contributed by atoms with E-state index in [-0.39, 0.29) is 16.1 Å². The molecule has 0 radical (unpaired) electrons. The molecular weight excluding hydrogens is 222 g/mol. The maximum absolute atomic E-state index is 10.8. The van der Waals surface area contributed by atoms with E-state index in [1.54, 1.807) is 0 Å². The van der Waals surface area contributed by atoms with Gasteiger partial charge in [0.05, 0.1) is 16.4 Å². The highest BCUT2D eigenvalue weighted by Crippen LogP contribution is 2.31. The average molecular weight is 229 g/mol. The molecule has 0 bridgehead atoms. The van der Waals surface area contributed by atoms with Gasteiger partial charge in [0, 0.05) is 6.07 Å². The number of thioether (sulfide) groups is 1. The average Bonchev–Trinajstić information content (AvgIpc) is 2.17. The standard InChI is InChI=1S/C8H7NO5S/c10-4-15-7-5(8(11)12)2-1-3-6(7)9(13)14/h1-3,10H,4H2,(H,11,12). The van der Waals surface area contributed by atoms with Crippen molar-refractivity contribution in [3.63, 3.8) is 0 Å². The Kier molecular flexibility index (Phi) is 3.64. The molecule has 0 saturated carbocycles. The lowest BCUT2D eigenvalue weighted by molar-refractivity contribution is -0.387. The van der Waals surface area contributed by atoms with E-state index in [9.17, 15) is 14.9 Å². The van der Waals surface area contributed by atoms with Crippen molar-refractivity contribution in [1.29, 1.82) is 0 Å². The van der Waals surface area contributed by atoms with Crippen LogP contribution in [0.3, 0.4) is 0 Å². The number of rotatable bonds is 4. The minimum atomic E-state index is -1.25. The molecule has 7 heteroatoms. The Balaban J connectivity index is 3.34. The van der Waals surface area contributed by atoms with Crippen molar-refractivity contribution in [2.24, 2.45) is 0 Å². The number of aliphatic hydroxyl groups excluding tert-OH is 1. The molecule has 0 aliphatic rings. The first-order valence-electron chi connectivity index (χ1n) is 3.82. The second kappa shape index (κ2) is 4.76. The molecule has 0 amide bonds. The van der Waals surface area contributed by atoms with Crippen LogP contribution in [0.1, 0.15) is 10.4 Å². The summed E-state index contributed by atoms with van der Waals surface area (Å²) in [6.07, 6.45) is 0.